The first kappa shape index (κ1) is 22.7. The first-order valence-corrected chi connectivity index (χ1v) is 10.9. The summed E-state index contributed by atoms with van der Waals surface area (Å²) in [5.74, 6) is -0.512. The van der Waals surface area contributed by atoms with Gasteiger partial charge in [-0.25, -0.2) is 9.97 Å². The molecule has 12 heteroatoms. The number of nitrogens with zero attached hydrogens (tertiary/aromatic N) is 4. The molecule has 174 valence electrons. The number of nitrogens with one attached hydrogen (secondary N) is 2. The van der Waals surface area contributed by atoms with Crippen LogP contribution in [0.25, 0.3) is 0 Å². The number of amides is 2. The van der Waals surface area contributed by atoms with Gasteiger partial charge in [0.25, 0.3) is 5.91 Å². The summed E-state index contributed by atoms with van der Waals surface area (Å²) in [7, 11) is 0. The predicted molar refractivity (Wildman–Crippen MR) is 125 cm³/mol. The van der Waals surface area contributed by atoms with Crippen molar-refractivity contribution in [3.8, 4) is 0 Å². The molecule has 11 nitrogen and oxygen atoms in total. The fourth-order valence-electron chi connectivity index (χ4n) is 4.03. The van der Waals surface area contributed by atoms with Gasteiger partial charge < -0.3 is 27.4 Å². The first-order chi connectivity index (χ1) is 15.8. The molecule has 1 saturated heterocycles. The number of hydrogen-bond acceptors (Lipinski definition) is 9. The summed E-state index contributed by atoms with van der Waals surface area (Å²) in [4.78, 5) is 39.3. The van der Waals surface area contributed by atoms with Gasteiger partial charge in [-0.05, 0) is 24.8 Å². The minimum atomic E-state index is -0.593. The highest BCUT2D eigenvalue weighted by atomic mass is 35.5. The third-order valence-corrected chi connectivity index (χ3v) is 6.20. The van der Waals surface area contributed by atoms with Gasteiger partial charge in [0, 0.05) is 13.1 Å². The number of piperidine rings is 1. The number of likely N-dealkylation sites (tertiary alicyclic amines) is 1. The molecule has 33 heavy (non-hydrogen) atoms. The summed E-state index contributed by atoms with van der Waals surface area (Å²) in [5.41, 5.74) is 18.0. The van der Waals surface area contributed by atoms with E-state index >= 15 is 0 Å². The number of benzene rings is 1. The highest BCUT2D eigenvalue weighted by molar-refractivity contribution is 6.31. The number of nitrogens with two attached hydrogens (primary N) is 3. The van der Waals surface area contributed by atoms with Crippen LogP contribution in [0.15, 0.2) is 35.3 Å². The topological polar surface area (TPSA) is 178 Å². The Hall–Kier alpha value is -3.44. The van der Waals surface area contributed by atoms with Crippen molar-refractivity contribution in [3.63, 3.8) is 0 Å². The fraction of sp³-hybridized carbons (Fsp3) is 0.381. The molecule has 1 aromatic carbocycles. The average molecular weight is 472 g/mol. The normalized spacial score (nSPS) is 17.9. The van der Waals surface area contributed by atoms with E-state index in [0.717, 1.165) is 5.56 Å². The van der Waals surface area contributed by atoms with Crippen LogP contribution in [0.2, 0.25) is 5.15 Å². The van der Waals surface area contributed by atoms with E-state index in [2.05, 4.69) is 25.6 Å². The molecule has 0 aliphatic carbocycles. The van der Waals surface area contributed by atoms with Crippen molar-refractivity contribution in [2.24, 2.45) is 10.7 Å². The first-order valence-electron chi connectivity index (χ1n) is 10.6. The van der Waals surface area contributed by atoms with Crippen molar-refractivity contribution in [2.75, 3.05) is 31.1 Å². The summed E-state index contributed by atoms with van der Waals surface area (Å²) >= 11 is 5.85. The summed E-state index contributed by atoms with van der Waals surface area (Å²) in [5, 5.41) is 5.83. The molecule has 1 atom stereocenters. The van der Waals surface area contributed by atoms with Crippen LogP contribution in [0.1, 0.15) is 28.9 Å². The van der Waals surface area contributed by atoms with Crippen molar-refractivity contribution >= 4 is 41.0 Å². The number of hydrogen-bond donors (Lipinski definition) is 5. The van der Waals surface area contributed by atoms with Gasteiger partial charge in [-0.1, -0.05) is 41.9 Å². The van der Waals surface area contributed by atoms with E-state index in [-0.39, 0.29) is 33.9 Å². The Labute approximate surface area is 195 Å². The summed E-state index contributed by atoms with van der Waals surface area (Å²) < 4.78 is 0. The highest BCUT2D eigenvalue weighted by Gasteiger charge is 2.40. The van der Waals surface area contributed by atoms with Gasteiger partial charge in [-0.15, -0.1) is 0 Å². The summed E-state index contributed by atoms with van der Waals surface area (Å²) in [6, 6.07) is 9.14. The van der Waals surface area contributed by atoms with E-state index in [9.17, 15) is 9.59 Å². The number of guanidine groups is 1. The van der Waals surface area contributed by atoms with Crippen LogP contribution in [-0.2, 0) is 11.2 Å². The van der Waals surface area contributed by atoms with E-state index in [4.69, 9.17) is 28.8 Å². The lowest BCUT2D eigenvalue weighted by Gasteiger charge is -2.40. The lowest BCUT2D eigenvalue weighted by atomic mass is 9.88. The number of rotatable bonds is 4. The Morgan fingerprint density at radius 2 is 1.85 bits per heavy atom. The van der Waals surface area contributed by atoms with Crippen molar-refractivity contribution in [1.82, 2.24) is 25.5 Å². The molecule has 1 aromatic heterocycles. The van der Waals surface area contributed by atoms with E-state index in [1.807, 2.05) is 30.3 Å². The average Bonchev–Trinajstić information content (AvgIpc) is 3.18. The van der Waals surface area contributed by atoms with Crippen molar-refractivity contribution in [1.29, 1.82) is 0 Å². The predicted octanol–water partition coefficient (Wildman–Crippen LogP) is -0.0854. The second-order valence-electron chi connectivity index (χ2n) is 8.28. The maximum Gasteiger partial charge on any atom is 0.280 e. The maximum absolute atomic E-state index is 12.8. The van der Waals surface area contributed by atoms with Crippen LogP contribution in [0.4, 0.5) is 11.6 Å². The molecule has 2 amide bonds. The fourth-order valence-corrected chi connectivity index (χ4v) is 4.16. The van der Waals surface area contributed by atoms with Crippen molar-refractivity contribution in [3.05, 3.63) is 46.7 Å². The zero-order valence-corrected chi connectivity index (χ0v) is 18.7. The van der Waals surface area contributed by atoms with E-state index in [0.29, 0.717) is 44.9 Å². The molecule has 2 aromatic rings. The van der Waals surface area contributed by atoms with Crippen molar-refractivity contribution < 1.29 is 9.59 Å². The third-order valence-electron chi connectivity index (χ3n) is 5.92. The van der Waals surface area contributed by atoms with Crippen molar-refractivity contribution in [2.45, 2.75) is 30.8 Å². The molecule has 2 aliphatic rings. The Bertz CT molecular complexity index is 1080. The largest absolute Gasteiger partial charge is 0.382 e. The molecule has 8 N–H and O–H groups in total. The third kappa shape index (κ3) is 4.99. The lowest BCUT2D eigenvalue weighted by molar-refractivity contribution is -0.134. The quantitative estimate of drug-likeness (QED) is 0.410. The molecule has 0 unspecified atom stereocenters. The number of carbonyl (C=O) groups excluding carboxylic acids is 2. The molecule has 1 fully saturated rings. The zero-order valence-electron chi connectivity index (χ0n) is 17.9. The number of aromatic nitrogens is 2. The standard InChI is InChI=1S/C21H26ClN9O2/c22-15-17(25)28-16(24)14(27-15)18(32)29-20-26-11-21(30-20)6-8-31(9-7-21)19(33)13(23)10-12-4-2-1-3-5-12/h1-5,13H,6-11,23H2,(H4,24,25,28)(H2,26,29,30,32)/t13-/m0/s1. The maximum atomic E-state index is 12.8. The summed E-state index contributed by atoms with van der Waals surface area (Å²) in [6.07, 6.45) is 1.85. The van der Waals surface area contributed by atoms with Crippen LogP contribution in [0, 0.1) is 0 Å². The Morgan fingerprint density at radius 3 is 2.55 bits per heavy atom. The molecular formula is C21H26ClN9O2. The molecular weight excluding hydrogens is 446 g/mol. The van der Waals surface area contributed by atoms with E-state index in [1.165, 1.54) is 0 Å². The Balaban J connectivity index is 1.30. The van der Waals surface area contributed by atoms with E-state index < -0.39 is 11.9 Å². The van der Waals surface area contributed by atoms with Crippen LogP contribution in [-0.4, -0.2) is 63.9 Å². The molecule has 4 rings (SSSR count). The number of carbonyl (C=O) groups is 2. The minimum Gasteiger partial charge on any atom is -0.382 e. The van der Waals surface area contributed by atoms with Crippen LogP contribution < -0.4 is 27.8 Å². The second-order valence-corrected chi connectivity index (χ2v) is 8.64. The SMILES string of the molecule is Nc1nc(N)c(C(=O)NC2=NCC3(CCN(C(=O)[C@@H](N)Cc4ccccc4)CC3)N2)nc1Cl. The van der Waals surface area contributed by atoms with Gasteiger partial charge in [0.05, 0.1) is 18.1 Å². The van der Waals surface area contributed by atoms with Gasteiger partial charge in [0.2, 0.25) is 5.91 Å². The van der Waals surface area contributed by atoms with Crippen LogP contribution in [0.3, 0.4) is 0 Å². The second kappa shape index (κ2) is 9.20. The smallest absolute Gasteiger partial charge is 0.280 e. The van der Waals surface area contributed by atoms with Crippen LogP contribution in [0.5, 0.6) is 0 Å². The molecule has 2 aliphatic heterocycles. The van der Waals surface area contributed by atoms with Gasteiger partial charge in [0.1, 0.15) is 0 Å². The monoisotopic (exact) mass is 471 g/mol. The van der Waals surface area contributed by atoms with Gasteiger partial charge >= 0.3 is 0 Å². The Morgan fingerprint density at radius 1 is 1.15 bits per heavy atom. The highest BCUT2D eigenvalue weighted by Crippen LogP contribution is 2.26. The number of aliphatic imine (C=N–C) groups is 1. The molecule has 0 saturated carbocycles. The minimum absolute atomic E-state index is 0.0502. The Kier molecular flexibility index (Phi) is 6.34. The molecule has 3 heterocycles. The zero-order chi connectivity index (χ0) is 23.6. The molecule has 0 bridgehead atoms. The molecule has 1 spiro atoms. The van der Waals surface area contributed by atoms with E-state index in [1.54, 1.807) is 4.90 Å². The summed E-state index contributed by atoms with van der Waals surface area (Å²) in [6.45, 7) is 1.58. The molecule has 0 radical (unpaired) electrons. The van der Waals surface area contributed by atoms with Gasteiger partial charge in [0.15, 0.2) is 28.4 Å². The number of nitrogen functional groups attached to an aromatic ring is 2. The van der Waals surface area contributed by atoms with Gasteiger partial charge in [-0.2, -0.15) is 0 Å². The van der Waals surface area contributed by atoms with Gasteiger partial charge in [-0.3, -0.25) is 19.9 Å². The number of anilines is 2. The lowest BCUT2D eigenvalue weighted by Crippen LogP contribution is -2.58. The number of halogens is 1. The van der Waals surface area contributed by atoms with Crippen LogP contribution >= 0.6 is 11.6 Å².